The second-order valence-electron chi connectivity index (χ2n) is 5.31. The van der Waals surface area contributed by atoms with Gasteiger partial charge in [0.2, 0.25) is 6.29 Å². The van der Waals surface area contributed by atoms with E-state index in [9.17, 15) is 19.5 Å². The summed E-state index contributed by atoms with van der Waals surface area (Å²) in [6.45, 7) is 4.51. The molecule has 0 aromatic heterocycles. The summed E-state index contributed by atoms with van der Waals surface area (Å²) in [5.41, 5.74) is 0. The van der Waals surface area contributed by atoms with Crippen LogP contribution >= 0.6 is 0 Å². The summed E-state index contributed by atoms with van der Waals surface area (Å²) < 4.78 is 25.5. The minimum Gasteiger partial charge on any atom is -0.467 e. The monoisotopic (exact) mass is 348 g/mol. The van der Waals surface area contributed by atoms with Crippen LogP contribution in [0.15, 0.2) is 0 Å². The number of carbonyl (C=O) groups is 3. The van der Waals surface area contributed by atoms with E-state index in [1.807, 2.05) is 6.92 Å². The smallest absolute Gasteiger partial charge is 0.337 e. The summed E-state index contributed by atoms with van der Waals surface area (Å²) in [7, 11) is 1.13. The zero-order valence-electron chi connectivity index (χ0n) is 14.2. The van der Waals surface area contributed by atoms with Gasteiger partial charge in [-0.25, -0.2) is 4.79 Å². The number of hydrogen-bond acceptors (Lipinski definition) is 9. The van der Waals surface area contributed by atoms with E-state index in [2.05, 4.69) is 4.74 Å². The molecule has 0 aliphatic carbocycles. The largest absolute Gasteiger partial charge is 0.467 e. The molecule has 1 heterocycles. The van der Waals surface area contributed by atoms with E-state index in [1.165, 1.54) is 0 Å². The van der Waals surface area contributed by atoms with Gasteiger partial charge in [-0.05, 0) is 6.42 Å². The highest BCUT2D eigenvalue weighted by molar-refractivity contribution is 5.76. The van der Waals surface area contributed by atoms with Gasteiger partial charge < -0.3 is 28.8 Å². The van der Waals surface area contributed by atoms with Gasteiger partial charge in [0.05, 0.1) is 7.11 Å². The molecule has 1 rings (SSSR count). The van der Waals surface area contributed by atoms with Gasteiger partial charge in [0, 0.05) is 20.5 Å². The fraction of sp³-hybridized carbons (Fsp3) is 0.800. The van der Waals surface area contributed by atoms with E-state index in [0.717, 1.165) is 27.4 Å². The van der Waals surface area contributed by atoms with Crippen molar-refractivity contribution >= 4 is 17.9 Å². The molecule has 3 unspecified atom stereocenters. The highest BCUT2D eigenvalue weighted by atomic mass is 16.7. The summed E-state index contributed by atoms with van der Waals surface area (Å²) in [4.78, 5) is 34.4. The van der Waals surface area contributed by atoms with Gasteiger partial charge in [-0.2, -0.15) is 0 Å². The van der Waals surface area contributed by atoms with Crippen molar-refractivity contribution in [3.63, 3.8) is 0 Å². The van der Waals surface area contributed by atoms with Crippen LogP contribution in [0.4, 0.5) is 0 Å². The standard InChI is InChI=1S/C15H24O9/c1-5-6-7-21-11-10(18)12(14(19)20-4)24-15(23-9(3)17)13(11)22-8(2)16/h10-13,15,18H,5-7H2,1-4H3/t10-,11?,12?,13?,15+/m0/s1. The Morgan fingerprint density at radius 2 is 1.71 bits per heavy atom. The van der Waals surface area contributed by atoms with Crippen LogP contribution in [-0.2, 0) is 38.1 Å². The molecular formula is C15H24O9. The Kier molecular flexibility index (Phi) is 8.09. The third kappa shape index (κ3) is 5.43. The minimum absolute atomic E-state index is 0.261. The molecule has 1 aliphatic rings. The maximum Gasteiger partial charge on any atom is 0.337 e. The Labute approximate surface area is 140 Å². The Bertz CT molecular complexity index is 450. The van der Waals surface area contributed by atoms with Gasteiger partial charge in [-0.15, -0.1) is 0 Å². The van der Waals surface area contributed by atoms with Crippen LogP contribution in [0.1, 0.15) is 33.6 Å². The number of unbranched alkanes of at least 4 members (excludes halogenated alkanes) is 1. The summed E-state index contributed by atoms with van der Waals surface area (Å²) in [6.07, 6.45) is -5.07. The van der Waals surface area contributed by atoms with Gasteiger partial charge in [0.25, 0.3) is 0 Å². The molecule has 1 saturated heterocycles. The highest BCUT2D eigenvalue weighted by Gasteiger charge is 2.52. The van der Waals surface area contributed by atoms with Gasteiger partial charge in [0.15, 0.2) is 12.2 Å². The van der Waals surface area contributed by atoms with E-state index in [0.29, 0.717) is 6.42 Å². The first-order valence-electron chi connectivity index (χ1n) is 7.69. The molecule has 138 valence electrons. The molecule has 1 N–H and O–H groups in total. The summed E-state index contributed by atoms with van der Waals surface area (Å²) in [5, 5.41) is 10.4. The Morgan fingerprint density at radius 1 is 1.08 bits per heavy atom. The van der Waals surface area contributed by atoms with Crippen LogP contribution in [-0.4, -0.2) is 67.4 Å². The van der Waals surface area contributed by atoms with Crippen molar-refractivity contribution in [3.8, 4) is 0 Å². The zero-order valence-corrected chi connectivity index (χ0v) is 14.2. The summed E-state index contributed by atoms with van der Waals surface area (Å²) in [6, 6.07) is 0. The van der Waals surface area contributed by atoms with Crippen molar-refractivity contribution in [2.45, 2.75) is 64.3 Å². The SMILES string of the molecule is CCCCOC1C(OC(C)=O)[C@H](OC(C)=O)OC(C(=O)OC)[C@H]1O. The van der Waals surface area contributed by atoms with Crippen molar-refractivity contribution in [2.75, 3.05) is 13.7 Å². The maximum absolute atomic E-state index is 11.8. The Hall–Kier alpha value is -1.71. The number of aliphatic hydroxyl groups is 1. The lowest BCUT2D eigenvalue weighted by molar-refractivity contribution is -0.296. The first kappa shape index (κ1) is 20.3. The Morgan fingerprint density at radius 3 is 2.21 bits per heavy atom. The van der Waals surface area contributed by atoms with Crippen LogP contribution in [0.25, 0.3) is 0 Å². The summed E-state index contributed by atoms with van der Waals surface area (Å²) >= 11 is 0. The topological polar surface area (TPSA) is 118 Å². The first-order valence-corrected chi connectivity index (χ1v) is 7.69. The lowest BCUT2D eigenvalue weighted by atomic mass is 9.98. The molecule has 9 heteroatoms. The third-order valence-electron chi connectivity index (χ3n) is 3.35. The number of hydrogen-bond donors (Lipinski definition) is 1. The first-order chi connectivity index (χ1) is 11.3. The zero-order chi connectivity index (χ0) is 18.3. The van der Waals surface area contributed by atoms with Crippen LogP contribution in [0, 0.1) is 0 Å². The lowest BCUT2D eigenvalue weighted by Gasteiger charge is -2.41. The van der Waals surface area contributed by atoms with E-state index >= 15 is 0 Å². The van der Waals surface area contributed by atoms with E-state index in [1.54, 1.807) is 0 Å². The average molecular weight is 348 g/mol. The van der Waals surface area contributed by atoms with Crippen LogP contribution in [0.2, 0.25) is 0 Å². The molecule has 0 aromatic carbocycles. The highest BCUT2D eigenvalue weighted by Crippen LogP contribution is 2.28. The molecule has 0 radical (unpaired) electrons. The molecule has 1 aliphatic heterocycles. The van der Waals surface area contributed by atoms with Crippen molar-refractivity contribution < 1.29 is 43.2 Å². The fourth-order valence-corrected chi connectivity index (χ4v) is 2.26. The van der Waals surface area contributed by atoms with Crippen molar-refractivity contribution in [2.24, 2.45) is 0 Å². The maximum atomic E-state index is 11.8. The number of aliphatic hydroxyl groups excluding tert-OH is 1. The van der Waals surface area contributed by atoms with Crippen LogP contribution in [0.5, 0.6) is 0 Å². The number of esters is 3. The minimum atomic E-state index is -1.45. The van der Waals surface area contributed by atoms with Gasteiger partial charge >= 0.3 is 17.9 Å². The molecule has 0 bridgehead atoms. The van der Waals surface area contributed by atoms with Crippen molar-refractivity contribution in [3.05, 3.63) is 0 Å². The molecule has 0 aromatic rings. The second kappa shape index (κ2) is 9.55. The third-order valence-corrected chi connectivity index (χ3v) is 3.35. The molecule has 0 saturated carbocycles. The van der Waals surface area contributed by atoms with Crippen LogP contribution < -0.4 is 0 Å². The average Bonchev–Trinajstić information content (AvgIpc) is 2.51. The van der Waals surface area contributed by atoms with E-state index < -0.39 is 48.6 Å². The Balaban J connectivity index is 3.07. The normalized spacial score (nSPS) is 29.6. The lowest BCUT2D eigenvalue weighted by Crippen LogP contribution is -2.62. The number of ether oxygens (including phenoxy) is 5. The van der Waals surface area contributed by atoms with Gasteiger partial charge in [0.1, 0.15) is 12.2 Å². The van der Waals surface area contributed by atoms with Crippen molar-refractivity contribution in [1.29, 1.82) is 0 Å². The van der Waals surface area contributed by atoms with Crippen LogP contribution in [0.3, 0.4) is 0 Å². The van der Waals surface area contributed by atoms with Crippen molar-refractivity contribution in [1.82, 2.24) is 0 Å². The molecular weight excluding hydrogens is 324 g/mol. The molecule has 0 spiro atoms. The number of methoxy groups -OCH3 is 1. The quantitative estimate of drug-likeness (QED) is 0.383. The predicted molar refractivity (Wildman–Crippen MR) is 78.7 cm³/mol. The molecule has 24 heavy (non-hydrogen) atoms. The fourth-order valence-electron chi connectivity index (χ4n) is 2.26. The molecule has 0 amide bonds. The van der Waals surface area contributed by atoms with E-state index in [4.69, 9.17) is 18.9 Å². The summed E-state index contributed by atoms with van der Waals surface area (Å²) in [5.74, 6) is -2.23. The van der Waals surface area contributed by atoms with E-state index in [-0.39, 0.29) is 6.61 Å². The molecule has 1 fully saturated rings. The second-order valence-corrected chi connectivity index (χ2v) is 5.31. The number of rotatable bonds is 7. The molecule has 5 atom stereocenters. The molecule has 9 nitrogen and oxygen atoms in total. The van der Waals surface area contributed by atoms with Gasteiger partial charge in [-0.1, -0.05) is 13.3 Å². The predicted octanol–water partition coefficient (Wildman–Crippen LogP) is -0.0747. The number of carbonyl (C=O) groups excluding carboxylic acids is 3. The van der Waals surface area contributed by atoms with Gasteiger partial charge in [-0.3, -0.25) is 9.59 Å².